The molecule has 2 saturated heterocycles. The number of halogens is 3. The first-order valence-electron chi connectivity index (χ1n) is 15.2. The molecule has 0 radical (unpaired) electrons. The Morgan fingerprint density at radius 3 is 2.59 bits per heavy atom. The molecule has 2 N–H and O–H groups in total. The monoisotopic (exact) mass is 610 g/mol. The third kappa shape index (κ3) is 5.30. The van der Waals surface area contributed by atoms with Gasteiger partial charge in [0.15, 0.2) is 0 Å². The van der Waals surface area contributed by atoms with Crippen LogP contribution in [-0.2, 0) is 39.1 Å². The third-order valence-corrected chi connectivity index (χ3v) is 9.72. The molecule has 234 valence electrons. The van der Waals surface area contributed by atoms with E-state index in [0.29, 0.717) is 31.6 Å². The van der Waals surface area contributed by atoms with Crippen LogP contribution in [0, 0.1) is 11.8 Å². The predicted octanol–water partition coefficient (Wildman–Crippen LogP) is 5.15. The standard InChI is InChI=1S/C33H37F3N4O4/c1-32-26(31(43)39-12-4-3-5-13-39)16-21(17-28(41)37-19-20-7-6-8-22(15-20)33(34,35)36)30(42)40(32)14-11-24-25-18-23(44-2)9-10-27(25)38-29(24)32/h6-10,15,18,21,26,38H,3-5,11-14,16-17,19H2,1-2H3,(H,37,41)/t21?,26-,32+/m1/s1. The number of alkyl halides is 3. The highest BCUT2D eigenvalue weighted by molar-refractivity contribution is 5.93. The SMILES string of the molecule is COc1ccc2[nH]c3c(c2c1)CCN1C(=O)C(CC(=O)NCc2cccc(C(F)(F)F)c2)C[C@H](C(=O)N2CCCCC2)[C@@]31C. The summed E-state index contributed by atoms with van der Waals surface area (Å²) >= 11 is 0. The Morgan fingerprint density at radius 1 is 1.09 bits per heavy atom. The maximum absolute atomic E-state index is 14.3. The highest BCUT2D eigenvalue weighted by Gasteiger charge is 2.57. The largest absolute Gasteiger partial charge is 0.497 e. The van der Waals surface area contributed by atoms with E-state index in [1.807, 2.05) is 30.0 Å². The van der Waals surface area contributed by atoms with Gasteiger partial charge in [0.25, 0.3) is 0 Å². The molecule has 0 bridgehead atoms. The maximum atomic E-state index is 14.3. The number of hydrogen-bond donors (Lipinski definition) is 2. The number of benzene rings is 2. The van der Waals surface area contributed by atoms with E-state index in [1.165, 1.54) is 12.1 Å². The molecular weight excluding hydrogens is 573 g/mol. The fraction of sp³-hybridized carbons (Fsp3) is 0.485. The number of H-pyrrole nitrogens is 1. The van der Waals surface area contributed by atoms with E-state index >= 15 is 0 Å². The van der Waals surface area contributed by atoms with Gasteiger partial charge in [0.1, 0.15) is 5.75 Å². The minimum atomic E-state index is -4.48. The molecule has 4 heterocycles. The Hall–Kier alpha value is -4.02. The Morgan fingerprint density at radius 2 is 1.86 bits per heavy atom. The molecule has 11 heteroatoms. The van der Waals surface area contributed by atoms with Gasteiger partial charge in [-0.1, -0.05) is 12.1 Å². The van der Waals surface area contributed by atoms with Crippen LogP contribution in [0.2, 0.25) is 0 Å². The summed E-state index contributed by atoms with van der Waals surface area (Å²) in [5, 5.41) is 3.70. The van der Waals surface area contributed by atoms with Gasteiger partial charge in [-0.15, -0.1) is 0 Å². The molecule has 0 spiro atoms. The zero-order valence-corrected chi connectivity index (χ0v) is 24.9. The van der Waals surface area contributed by atoms with Crippen LogP contribution >= 0.6 is 0 Å². The topological polar surface area (TPSA) is 94.7 Å². The fourth-order valence-corrected chi connectivity index (χ4v) is 7.37. The molecule has 1 aromatic heterocycles. The van der Waals surface area contributed by atoms with E-state index in [4.69, 9.17) is 4.74 Å². The minimum Gasteiger partial charge on any atom is -0.497 e. The van der Waals surface area contributed by atoms with Crippen molar-refractivity contribution in [2.75, 3.05) is 26.7 Å². The summed E-state index contributed by atoms with van der Waals surface area (Å²) in [7, 11) is 1.62. The van der Waals surface area contributed by atoms with E-state index in [9.17, 15) is 27.6 Å². The van der Waals surface area contributed by atoms with Gasteiger partial charge >= 0.3 is 6.18 Å². The van der Waals surface area contributed by atoms with Crippen LogP contribution in [0.25, 0.3) is 10.9 Å². The van der Waals surface area contributed by atoms with Crippen molar-refractivity contribution < 1.29 is 32.3 Å². The van der Waals surface area contributed by atoms with Crippen LogP contribution < -0.4 is 10.1 Å². The number of aromatic amines is 1. The van der Waals surface area contributed by atoms with Crippen molar-refractivity contribution in [2.24, 2.45) is 11.8 Å². The summed E-state index contributed by atoms with van der Waals surface area (Å²) in [4.78, 5) is 48.6. The number of amides is 3. The molecular formula is C33H37F3N4O4. The summed E-state index contributed by atoms with van der Waals surface area (Å²) in [6.45, 7) is 3.60. The van der Waals surface area contributed by atoms with Gasteiger partial charge in [0.05, 0.1) is 24.1 Å². The number of aromatic nitrogens is 1. The number of carbonyl (C=O) groups is 3. The number of methoxy groups -OCH3 is 1. The molecule has 3 aliphatic rings. The maximum Gasteiger partial charge on any atom is 0.416 e. The molecule has 3 amide bonds. The molecule has 44 heavy (non-hydrogen) atoms. The zero-order chi connectivity index (χ0) is 31.2. The lowest BCUT2D eigenvalue weighted by molar-refractivity contribution is -0.164. The second kappa shape index (κ2) is 11.5. The number of carbonyl (C=O) groups excluding carboxylic acids is 3. The number of nitrogens with zero attached hydrogens (tertiary/aromatic N) is 2. The molecule has 0 aliphatic carbocycles. The normalized spacial score (nSPS) is 23.7. The van der Waals surface area contributed by atoms with Crippen molar-refractivity contribution in [1.29, 1.82) is 0 Å². The second-order valence-electron chi connectivity index (χ2n) is 12.3. The van der Waals surface area contributed by atoms with Gasteiger partial charge in [0.2, 0.25) is 17.7 Å². The average molecular weight is 611 g/mol. The zero-order valence-electron chi connectivity index (χ0n) is 24.9. The number of rotatable bonds is 6. The second-order valence-corrected chi connectivity index (χ2v) is 12.3. The molecule has 3 aromatic rings. The van der Waals surface area contributed by atoms with Crippen molar-refractivity contribution in [3.05, 3.63) is 64.8 Å². The number of hydrogen-bond acceptors (Lipinski definition) is 4. The summed E-state index contributed by atoms with van der Waals surface area (Å²) in [5.74, 6) is -1.22. The first kappa shape index (κ1) is 30.0. The van der Waals surface area contributed by atoms with Gasteiger partial charge in [-0.2, -0.15) is 13.2 Å². The van der Waals surface area contributed by atoms with Crippen LogP contribution in [0.4, 0.5) is 13.2 Å². The van der Waals surface area contributed by atoms with Crippen LogP contribution in [0.5, 0.6) is 5.75 Å². The smallest absolute Gasteiger partial charge is 0.416 e. The molecule has 6 rings (SSSR count). The quantitative estimate of drug-likeness (QED) is 0.404. The van der Waals surface area contributed by atoms with Crippen LogP contribution in [0.3, 0.4) is 0 Å². The number of fused-ring (bicyclic) bond motifs is 5. The average Bonchev–Trinajstić information content (AvgIpc) is 3.40. The van der Waals surface area contributed by atoms with Gasteiger partial charge in [-0.3, -0.25) is 14.4 Å². The van der Waals surface area contributed by atoms with Crippen molar-refractivity contribution >= 4 is 28.6 Å². The van der Waals surface area contributed by atoms with Gasteiger partial charge in [-0.05, 0) is 80.5 Å². The van der Waals surface area contributed by atoms with Crippen LogP contribution in [-0.4, -0.2) is 59.2 Å². The van der Waals surface area contributed by atoms with Crippen LogP contribution in [0.15, 0.2) is 42.5 Å². The first-order chi connectivity index (χ1) is 21.0. The van der Waals surface area contributed by atoms with Crippen molar-refractivity contribution in [1.82, 2.24) is 20.1 Å². The van der Waals surface area contributed by atoms with Crippen molar-refractivity contribution in [3.63, 3.8) is 0 Å². The van der Waals surface area contributed by atoms with E-state index in [1.54, 1.807) is 12.0 Å². The fourth-order valence-electron chi connectivity index (χ4n) is 7.37. The molecule has 8 nitrogen and oxygen atoms in total. The lowest BCUT2D eigenvalue weighted by Gasteiger charge is -2.54. The number of nitrogens with one attached hydrogen (secondary N) is 2. The number of likely N-dealkylation sites (tertiary alicyclic amines) is 1. The first-order valence-corrected chi connectivity index (χ1v) is 15.2. The van der Waals surface area contributed by atoms with Gasteiger partial charge in [-0.25, -0.2) is 0 Å². The Bertz CT molecular complexity index is 1600. The molecule has 1 unspecified atom stereocenters. The van der Waals surface area contributed by atoms with Crippen molar-refractivity contribution in [2.45, 2.75) is 63.7 Å². The number of piperidine rings is 2. The molecule has 3 aliphatic heterocycles. The molecule has 2 aromatic carbocycles. The Kier molecular flexibility index (Phi) is 7.83. The Labute approximate surface area is 253 Å². The molecule has 0 saturated carbocycles. The van der Waals surface area contributed by atoms with Gasteiger partial charge < -0.3 is 24.8 Å². The highest BCUT2D eigenvalue weighted by atomic mass is 19.4. The van der Waals surface area contributed by atoms with E-state index in [0.717, 1.165) is 59.3 Å². The predicted molar refractivity (Wildman–Crippen MR) is 158 cm³/mol. The molecule has 2 fully saturated rings. The van der Waals surface area contributed by atoms with Gasteiger partial charge in [0, 0.05) is 55.1 Å². The summed E-state index contributed by atoms with van der Waals surface area (Å²) in [6, 6.07) is 10.6. The molecule has 3 atom stereocenters. The van der Waals surface area contributed by atoms with E-state index in [-0.39, 0.29) is 31.2 Å². The minimum absolute atomic E-state index is 0.0110. The van der Waals surface area contributed by atoms with Crippen molar-refractivity contribution in [3.8, 4) is 5.75 Å². The summed E-state index contributed by atoms with van der Waals surface area (Å²) in [5.41, 5.74) is 1.42. The Balaban J connectivity index is 1.28. The van der Waals surface area contributed by atoms with E-state index in [2.05, 4.69) is 10.3 Å². The highest BCUT2D eigenvalue weighted by Crippen LogP contribution is 2.50. The third-order valence-electron chi connectivity index (χ3n) is 9.72. The van der Waals surface area contributed by atoms with Crippen LogP contribution in [0.1, 0.15) is 61.4 Å². The summed E-state index contributed by atoms with van der Waals surface area (Å²) in [6.07, 6.45) is -0.918. The van der Waals surface area contributed by atoms with E-state index < -0.39 is 35.0 Å². The lowest BCUT2D eigenvalue weighted by Crippen LogP contribution is -2.64. The lowest BCUT2D eigenvalue weighted by atomic mass is 9.67. The number of ether oxygens (including phenoxy) is 1. The summed E-state index contributed by atoms with van der Waals surface area (Å²) < 4.78 is 44.9.